The number of hydrogen-bond acceptors (Lipinski definition) is 4. The minimum atomic E-state index is -0.471. The van der Waals surface area contributed by atoms with E-state index in [1.54, 1.807) is 29.3 Å². The predicted octanol–water partition coefficient (Wildman–Crippen LogP) is 1.70. The van der Waals surface area contributed by atoms with Crippen molar-refractivity contribution >= 4 is 17.8 Å². The van der Waals surface area contributed by atoms with Crippen LogP contribution in [0.3, 0.4) is 0 Å². The molecule has 17 heavy (non-hydrogen) atoms. The average Bonchev–Trinajstić information content (AvgIpc) is 2.58. The van der Waals surface area contributed by atoms with Crippen LogP contribution in [-0.4, -0.2) is 35.5 Å². The Labute approximate surface area is 104 Å². The van der Waals surface area contributed by atoms with Gasteiger partial charge < -0.3 is 9.64 Å². The predicted molar refractivity (Wildman–Crippen MR) is 64.4 cm³/mol. The summed E-state index contributed by atoms with van der Waals surface area (Å²) in [6.45, 7) is 1.08. The van der Waals surface area contributed by atoms with Crippen LogP contribution in [0.4, 0.5) is 4.79 Å². The van der Waals surface area contributed by atoms with Gasteiger partial charge in [-0.2, -0.15) is 0 Å². The molecule has 5 nitrogen and oxygen atoms in total. The number of rotatable bonds is 1. The van der Waals surface area contributed by atoms with Crippen molar-refractivity contribution < 1.29 is 14.7 Å². The van der Waals surface area contributed by atoms with Gasteiger partial charge in [0.15, 0.2) is 0 Å². The number of carbonyl (C=O) groups is 1. The van der Waals surface area contributed by atoms with Crippen molar-refractivity contribution in [3.05, 3.63) is 23.8 Å². The molecule has 0 atom stereocenters. The summed E-state index contributed by atoms with van der Waals surface area (Å²) in [7, 11) is 1.61. The lowest BCUT2D eigenvalue weighted by Gasteiger charge is -2.19. The lowest BCUT2D eigenvalue weighted by molar-refractivity contribution is 0.129. The lowest BCUT2D eigenvalue weighted by atomic mass is 10.2. The second-order valence-corrected chi connectivity index (χ2v) is 4.80. The van der Waals surface area contributed by atoms with Gasteiger partial charge in [-0.1, -0.05) is 0 Å². The number of carbonyl (C=O) groups excluding carboxylic acids is 1. The smallest absolute Gasteiger partial charge is 0.341 e. The van der Waals surface area contributed by atoms with Crippen LogP contribution in [-0.2, 0) is 6.54 Å². The normalized spacial score (nSPS) is 14.8. The summed E-state index contributed by atoms with van der Waals surface area (Å²) in [5.74, 6) is 1.59. The molecule has 1 aliphatic rings. The fourth-order valence-electron chi connectivity index (χ4n) is 1.74. The van der Waals surface area contributed by atoms with Crippen molar-refractivity contribution in [2.45, 2.75) is 11.4 Å². The van der Waals surface area contributed by atoms with Crippen molar-refractivity contribution in [1.82, 2.24) is 10.4 Å². The van der Waals surface area contributed by atoms with Crippen LogP contribution >= 0.6 is 11.8 Å². The maximum Gasteiger partial charge on any atom is 0.341 e. The molecule has 92 valence electrons. The van der Waals surface area contributed by atoms with Gasteiger partial charge in [-0.3, -0.25) is 5.21 Å². The van der Waals surface area contributed by atoms with E-state index in [1.807, 2.05) is 18.2 Å². The van der Waals surface area contributed by atoms with E-state index in [0.717, 1.165) is 22.0 Å². The van der Waals surface area contributed by atoms with E-state index >= 15 is 0 Å². The van der Waals surface area contributed by atoms with Crippen molar-refractivity contribution in [3.63, 3.8) is 0 Å². The van der Waals surface area contributed by atoms with Gasteiger partial charge in [0.05, 0.1) is 7.11 Å². The number of urea groups is 1. The standard InChI is InChI=1S/C11H14N2O3S/c1-16-9-2-3-10-8(6-9)7-13(4-5-17-10)11(14)12-15/h2-3,6,15H,4-5,7H2,1H3,(H,12,14). The topological polar surface area (TPSA) is 61.8 Å². The third-order valence-electron chi connectivity index (χ3n) is 2.63. The highest BCUT2D eigenvalue weighted by atomic mass is 32.2. The summed E-state index contributed by atoms with van der Waals surface area (Å²) in [6, 6.07) is 5.36. The minimum Gasteiger partial charge on any atom is -0.497 e. The fraction of sp³-hybridized carbons (Fsp3) is 0.364. The van der Waals surface area contributed by atoms with Gasteiger partial charge in [0.1, 0.15) is 5.75 Å². The highest BCUT2D eigenvalue weighted by Crippen LogP contribution is 2.30. The molecule has 0 bridgehead atoms. The Morgan fingerprint density at radius 1 is 1.59 bits per heavy atom. The van der Waals surface area contributed by atoms with Crippen molar-refractivity contribution in [1.29, 1.82) is 0 Å². The zero-order chi connectivity index (χ0) is 12.3. The Bertz CT molecular complexity index is 425. The largest absolute Gasteiger partial charge is 0.497 e. The van der Waals surface area contributed by atoms with Crippen LogP contribution in [0.25, 0.3) is 0 Å². The first-order valence-electron chi connectivity index (χ1n) is 5.23. The number of hydrogen-bond donors (Lipinski definition) is 2. The van der Waals surface area contributed by atoms with Crippen molar-refractivity contribution in [2.24, 2.45) is 0 Å². The quantitative estimate of drug-likeness (QED) is 0.591. The summed E-state index contributed by atoms with van der Waals surface area (Å²) < 4.78 is 5.17. The molecule has 1 aromatic rings. The first-order valence-corrected chi connectivity index (χ1v) is 6.22. The van der Waals surface area contributed by atoms with E-state index in [2.05, 4.69) is 0 Å². The first-order chi connectivity index (χ1) is 8.24. The third kappa shape index (κ3) is 2.65. The number of thioether (sulfide) groups is 1. The number of nitrogens with one attached hydrogen (secondary N) is 1. The molecule has 0 aliphatic carbocycles. The van der Waals surface area contributed by atoms with Gasteiger partial charge in [0.2, 0.25) is 0 Å². The van der Waals surface area contributed by atoms with E-state index in [0.29, 0.717) is 13.1 Å². The number of amides is 2. The molecule has 0 saturated heterocycles. The lowest BCUT2D eigenvalue weighted by Crippen LogP contribution is -2.38. The molecule has 6 heteroatoms. The Hall–Kier alpha value is -1.40. The number of fused-ring (bicyclic) bond motifs is 1. The van der Waals surface area contributed by atoms with Crippen molar-refractivity contribution in [3.8, 4) is 5.75 Å². The second kappa shape index (κ2) is 5.29. The van der Waals surface area contributed by atoms with Gasteiger partial charge in [0, 0.05) is 23.7 Å². The first kappa shape index (κ1) is 12.1. The summed E-state index contributed by atoms with van der Waals surface area (Å²) in [6.07, 6.45) is 0. The Morgan fingerprint density at radius 3 is 3.12 bits per heavy atom. The average molecular weight is 254 g/mol. The summed E-state index contributed by atoms with van der Waals surface area (Å²) in [4.78, 5) is 14.1. The van der Waals surface area contributed by atoms with E-state index in [-0.39, 0.29) is 0 Å². The molecule has 0 unspecified atom stereocenters. The minimum absolute atomic E-state index is 0.471. The van der Waals surface area contributed by atoms with Gasteiger partial charge in [0.25, 0.3) is 0 Å². The van der Waals surface area contributed by atoms with Crippen LogP contribution in [0.2, 0.25) is 0 Å². The number of benzene rings is 1. The maximum absolute atomic E-state index is 11.4. The van der Waals surface area contributed by atoms with Gasteiger partial charge in [-0.05, 0) is 23.8 Å². The molecule has 0 saturated carbocycles. The molecule has 0 fully saturated rings. The number of nitrogens with zero attached hydrogens (tertiary/aromatic N) is 1. The molecule has 0 aromatic heterocycles. The molecule has 0 spiro atoms. The summed E-state index contributed by atoms with van der Waals surface area (Å²) in [5.41, 5.74) is 2.71. The van der Waals surface area contributed by atoms with E-state index in [1.165, 1.54) is 0 Å². The second-order valence-electron chi connectivity index (χ2n) is 3.66. The molecular formula is C11H14N2O3S. The maximum atomic E-state index is 11.4. The molecule has 1 aromatic carbocycles. The van der Waals surface area contributed by atoms with E-state index < -0.39 is 6.03 Å². The zero-order valence-corrected chi connectivity index (χ0v) is 10.3. The van der Waals surface area contributed by atoms with Gasteiger partial charge in [-0.25, -0.2) is 10.3 Å². The van der Waals surface area contributed by atoms with Crippen LogP contribution in [0.5, 0.6) is 5.75 Å². The van der Waals surface area contributed by atoms with E-state index in [4.69, 9.17) is 9.94 Å². The molecule has 0 radical (unpaired) electrons. The SMILES string of the molecule is COc1ccc2c(c1)CN(C(=O)NO)CCS2. The third-order valence-corrected chi connectivity index (χ3v) is 3.73. The molecule has 2 N–H and O–H groups in total. The van der Waals surface area contributed by atoms with Crippen LogP contribution in [0, 0.1) is 0 Å². The van der Waals surface area contributed by atoms with Crippen LogP contribution < -0.4 is 10.2 Å². The van der Waals surface area contributed by atoms with E-state index in [9.17, 15) is 4.79 Å². The number of hydroxylamine groups is 1. The van der Waals surface area contributed by atoms with Crippen LogP contribution in [0.15, 0.2) is 23.1 Å². The summed E-state index contributed by atoms with van der Waals surface area (Å²) >= 11 is 1.70. The fourth-order valence-corrected chi connectivity index (χ4v) is 2.75. The van der Waals surface area contributed by atoms with Gasteiger partial charge in [-0.15, -0.1) is 11.8 Å². The molecule has 2 amide bonds. The monoisotopic (exact) mass is 254 g/mol. The Morgan fingerprint density at radius 2 is 2.41 bits per heavy atom. The zero-order valence-electron chi connectivity index (χ0n) is 9.47. The van der Waals surface area contributed by atoms with Crippen LogP contribution in [0.1, 0.15) is 5.56 Å². The summed E-state index contributed by atoms with van der Waals surface area (Å²) in [5, 5.41) is 8.65. The highest BCUT2D eigenvalue weighted by molar-refractivity contribution is 7.99. The molecule has 1 heterocycles. The van der Waals surface area contributed by atoms with Crippen molar-refractivity contribution in [2.75, 3.05) is 19.4 Å². The Balaban J connectivity index is 2.25. The molecule has 1 aliphatic heterocycles. The highest BCUT2D eigenvalue weighted by Gasteiger charge is 2.19. The molecule has 2 rings (SSSR count). The number of methoxy groups -OCH3 is 1. The Kier molecular flexibility index (Phi) is 3.75. The van der Waals surface area contributed by atoms with Gasteiger partial charge >= 0.3 is 6.03 Å². The molecular weight excluding hydrogens is 240 g/mol. The number of ether oxygens (including phenoxy) is 1.